The van der Waals surface area contributed by atoms with Crippen LogP contribution in [0, 0.1) is 0 Å². The summed E-state index contributed by atoms with van der Waals surface area (Å²) in [7, 11) is 0. The second-order valence-electron chi connectivity index (χ2n) is 8.45. The lowest BCUT2D eigenvalue weighted by molar-refractivity contribution is -0.123. The van der Waals surface area contributed by atoms with Crippen LogP contribution in [0.4, 0.5) is 0 Å². The van der Waals surface area contributed by atoms with Crippen LogP contribution in [0.25, 0.3) is 22.9 Å². The van der Waals surface area contributed by atoms with E-state index in [4.69, 9.17) is 9.15 Å². The Morgan fingerprint density at radius 3 is 2.38 bits per heavy atom. The van der Waals surface area contributed by atoms with Gasteiger partial charge in [-0.15, -0.1) is 10.2 Å². The van der Waals surface area contributed by atoms with Crippen LogP contribution in [0.3, 0.4) is 0 Å². The predicted octanol–water partition coefficient (Wildman–Crippen LogP) is 3.32. The molecule has 1 saturated heterocycles. The number of aromatic nitrogens is 2. The maximum atomic E-state index is 12.3. The van der Waals surface area contributed by atoms with E-state index in [1.807, 2.05) is 48.5 Å². The number of nitrogens with one attached hydrogen (secondary N) is 1. The Hall–Kier alpha value is -3.23. The van der Waals surface area contributed by atoms with Gasteiger partial charge in [-0.25, -0.2) is 0 Å². The van der Waals surface area contributed by atoms with Gasteiger partial charge >= 0.3 is 0 Å². The summed E-state index contributed by atoms with van der Waals surface area (Å²) >= 11 is 0. The van der Waals surface area contributed by atoms with Crippen LogP contribution >= 0.6 is 0 Å². The minimum atomic E-state index is -0.141. The maximum Gasteiger partial charge on any atom is 0.257 e. The zero-order valence-electron chi connectivity index (χ0n) is 19.8. The Morgan fingerprint density at radius 1 is 0.941 bits per heavy atom. The molecule has 0 spiro atoms. The van der Waals surface area contributed by atoms with Crippen molar-refractivity contribution in [2.45, 2.75) is 19.8 Å². The highest BCUT2D eigenvalue weighted by Crippen LogP contribution is 2.30. The van der Waals surface area contributed by atoms with Gasteiger partial charge in [0.25, 0.3) is 11.8 Å². The van der Waals surface area contributed by atoms with E-state index in [1.165, 1.54) is 13.0 Å². The number of rotatable bonds is 11. The van der Waals surface area contributed by atoms with Crippen molar-refractivity contribution in [1.29, 1.82) is 0 Å². The standard InChI is InChI=1S/C26H33N5O3/c1-2-14-30-16-18-31(19-17-30)15-8-13-27-24(32)20-33-23-12-7-6-11-22(23)26-29-28-25(34-26)21-9-4-3-5-10-21/h3-7,9-12H,2,8,13-20H2,1H3,(H,27,32). The average molecular weight is 464 g/mol. The monoisotopic (exact) mass is 463 g/mol. The molecule has 2 heterocycles. The first-order chi connectivity index (χ1) is 16.7. The van der Waals surface area contributed by atoms with Crippen LogP contribution in [0.2, 0.25) is 0 Å². The molecule has 1 fully saturated rings. The van der Waals surface area contributed by atoms with E-state index >= 15 is 0 Å². The number of nitrogens with zero attached hydrogens (tertiary/aromatic N) is 4. The molecule has 8 heteroatoms. The Bertz CT molecular complexity index is 1030. The third-order valence-electron chi connectivity index (χ3n) is 5.90. The molecule has 0 radical (unpaired) electrons. The average Bonchev–Trinajstić information content (AvgIpc) is 3.37. The molecule has 0 bridgehead atoms. The first-order valence-electron chi connectivity index (χ1n) is 12.1. The summed E-state index contributed by atoms with van der Waals surface area (Å²) in [6.45, 7) is 9.49. The lowest BCUT2D eigenvalue weighted by Crippen LogP contribution is -2.47. The number of carbonyl (C=O) groups excluding carboxylic acids is 1. The van der Waals surface area contributed by atoms with Crippen molar-refractivity contribution in [3.8, 4) is 28.7 Å². The molecule has 8 nitrogen and oxygen atoms in total. The molecule has 0 atom stereocenters. The quantitative estimate of drug-likeness (QED) is 0.437. The van der Waals surface area contributed by atoms with Crippen molar-refractivity contribution in [2.75, 3.05) is 52.4 Å². The summed E-state index contributed by atoms with van der Waals surface area (Å²) < 4.78 is 11.6. The van der Waals surface area contributed by atoms with Gasteiger partial charge in [-0.1, -0.05) is 37.3 Å². The van der Waals surface area contributed by atoms with Crippen molar-refractivity contribution >= 4 is 5.91 Å². The van der Waals surface area contributed by atoms with E-state index in [0.29, 0.717) is 29.6 Å². The van der Waals surface area contributed by atoms with Crippen LogP contribution in [0.1, 0.15) is 19.8 Å². The van der Waals surface area contributed by atoms with Gasteiger partial charge in [0, 0.05) is 38.3 Å². The second kappa shape index (κ2) is 12.3. The number of piperazine rings is 1. The zero-order chi connectivity index (χ0) is 23.6. The Kier molecular flexibility index (Phi) is 8.65. The van der Waals surface area contributed by atoms with E-state index < -0.39 is 0 Å². The molecule has 4 rings (SSSR count). The van der Waals surface area contributed by atoms with Crippen molar-refractivity contribution in [2.24, 2.45) is 0 Å². The predicted molar refractivity (Wildman–Crippen MR) is 131 cm³/mol. The van der Waals surface area contributed by atoms with E-state index in [-0.39, 0.29) is 12.5 Å². The number of hydrogen-bond acceptors (Lipinski definition) is 7. The fraction of sp³-hybridized carbons (Fsp3) is 0.423. The Morgan fingerprint density at radius 2 is 1.62 bits per heavy atom. The number of amides is 1. The highest BCUT2D eigenvalue weighted by molar-refractivity contribution is 5.77. The molecule has 0 saturated carbocycles. The number of carbonyl (C=O) groups is 1. The molecule has 1 aliphatic rings. The van der Waals surface area contributed by atoms with Gasteiger partial charge in [0.15, 0.2) is 6.61 Å². The third kappa shape index (κ3) is 6.65. The summed E-state index contributed by atoms with van der Waals surface area (Å²) in [5.41, 5.74) is 1.51. The van der Waals surface area contributed by atoms with E-state index in [2.05, 4.69) is 32.2 Å². The largest absolute Gasteiger partial charge is 0.483 e. The maximum absolute atomic E-state index is 12.3. The fourth-order valence-electron chi connectivity index (χ4n) is 4.08. The highest BCUT2D eigenvalue weighted by atomic mass is 16.5. The summed E-state index contributed by atoms with van der Waals surface area (Å²) in [4.78, 5) is 17.3. The third-order valence-corrected chi connectivity index (χ3v) is 5.90. The molecule has 3 aromatic rings. The van der Waals surface area contributed by atoms with E-state index in [9.17, 15) is 4.79 Å². The van der Waals surface area contributed by atoms with Crippen LogP contribution in [-0.4, -0.2) is 78.3 Å². The molecule has 0 aliphatic carbocycles. The van der Waals surface area contributed by atoms with Gasteiger partial charge in [-0.2, -0.15) is 0 Å². The fourth-order valence-corrected chi connectivity index (χ4v) is 4.08. The van der Waals surface area contributed by atoms with Crippen molar-refractivity contribution < 1.29 is 13.9 Å². The number of para-hydroxylation sites is 1. The van der Waals surface area contributed by atoms with E-state index in [1.54, 1.807) is 6.07 Å². The smallest absolute Gasteiger partial charge is 0.257 e. The normalized spacial score (nSPS) is 14.7. The first kappa shape index (κ1) is 23.9. The van der Waals surface area contributed by atoms with Gasteiger partial charge < -0.3 is 24.3 Å². The zero-order valence-corrected chi connectivity index (χ0v) is 19.8. The SMILES string of the molecule is CCCN1CCN(CCCNC(=O)COc2ccccc2-c2nnc(-c3ccccc3)o2)CC1. The minimum Gasteiger partial charge on any atom is -0.483 e. The molecule has 1 amide bonds. The van der Waals surface area contributed by atoms with Gasteiger partial charge in [0.1, 0.15) is 5.75 Å². The van der Waals surface area contributed by atoms with E-state index in [0.717, 1.165) is 44.7 Å². The second-order valence-corrected chi connectivity index (χ2v) is 8.45. The molecular weight excluding hydrogens is 430 g/mol. The molecule has 1 aliphatic heterocycles. The molecular formula is C26H33N5O3. The van der Waals surface area contributed by atoms with Crippen LogP contribution < -0.4 is 10.1 Å². The molecule has 34 heavy (non-hydrogen) atoms. The number of ether oxygens (including phenoxy) is 1. The topological polar surface area (TPSA) is 83.7 Å². The van der Waals surface area contributed by atoms with Crippen LogP contribution in [-0.2, 0) is 4.79 Å². The Labute approximate surface area is 200 Å². The van der Waals surface area contributed by atoms with Gasteiger partial charge in [0.2, 0.25) is 5.89 Å². The lowest BCUT2D eigenvalue weighted by atomic mass is 10.2. The van der Waals surface area contributed by atoms with Crippen molar-refractivity contribution in [1.82, 2.24) is 25.3 Å². The number of benzene rings is 2. The van der Waals surface area contributed by atoms with Crippen molar-refractivity contribution in [3.63, 3.8) is 0 Å². The van der Waals surface area contributed by atoms with Crippen LogP contribution in [0.15, 0.2) is 59.0 Å². The highest BCUT2D eigenvalue weighted by Gasteiger charge is 2.17. The molecule has 0 unspecified atom stereocenters. The van der Waals surface area contributed by atoms with Gasteiger partial charge in [-0.3, -0.25) is 4.79 Å². The van der Waals surface area contributed by atoms with Gasteiger partial charge in [-0.05, 0) is 50.2 Å². The molecule has 1 aromatic heterocycles. The van der Waals surface area contributed by atoms with Gasteiger partial charge in [0.05, 0.1) is 5.56 Å². The molecule has 2 aromatic carbocycles. The van der Waals surface area contributed by atoms with Crippen LogP contribution in [0.5, 0.6) is 5.75 Å². The summed E-state index contributed by atoms with van der Waals surface area (Å²) in [6, 6.07) is 17.0. The lowest BCUT2D eigenvalue weighted by Gasteiger charge is -2.34. The minimum absolute atomic E-state index is 0.0631. The molecule has 180 valence electrons. The number of hydrogen-bond donors (Lipinski definition) is 1. The van der Waals surface area contributed by atoms with Crippen molar-refractivity contribution in [3.05, 3.63) is 54.6 Å². The first-order valence-corrected chi connectivity index (χ1v) is 12.1. The Balaban J connectivity index is 1.22. The molecule has 1 N–H and O–H groups in total. The summed E-state index contributed by atoms with van der Waals surface area (Å²) in [5.74, 6) is 1.19. The summed E-state index contributed by atoms with van der Waals surface area (Å²) in [5, 5.41) is 11.3. The summed E-state index contributed by atoms with van der Waals surface area (Å²) in [6.07, 6.45) is 2.14.